The lowest BCUT2D eigenvalue weighted by Crippen LogP contribution is -2.30. The van der Waals surface area contributed by atoms with Crippen LogP contribution in [0.1, 0.15) is 32.4 Å². The van der Waals surface area contributed by atoms with Crippen molar-refractivity contribution in [1.82, 2.24) is 5.32 Å². The van der Waals surface area contributed by atoms with Crippen LogP contribution in [0.4, 0.5) is 0 Å². The van der Waals surface area contributed by atoms with Gasteiger partial charge in [-0.1, -0.05) is 32.0 Å². The summed E-state index contributed by atoms with van der Waals surface area (Å²) in [6.45, 7) is 5.71. The summed E-state index contributed by atoms with van der Waals surface area (Å²) in [6, 6.07) is 7.68. The molecule has 88 valence electrons. The van der Waals surface area contributed by atoms with E-state index in [4.69, 9.17) is 4.74 Å². The third-order valence-corrected chi connectivity index (χ3v) is 2.49. The first-order valence-corrected chi connectivity index (χ1v) is 5.49. The largest absolute Gasteiger partial charge is 0.496 e. The second kappa shape index (κ2) is 5.54. The minimum absolute atomic E-state index is 0.00263. The van der Waals surface area contributed by atoms with E-state index in [1.807, 2.05) is 45.0 Å². The van der Waals surface area contributed by atoms with Gasteiger partial charge >= 0.3 is 0 Å². The van der Waals surface area contributed by atoms with Crippen molar-refractivity contribution in [3.8, 4) is 5.75 Å². The number of hydrogen-bond acceptors (Lipinski definition) is 2. The van der Waals surface area contributed by atoms with Gasteiger partial charge in [-0.25, -0.2) is 0 Å². The van der Waals surface area contributed by atoms with E-state index in [9.17, 15) is 4.79 Å². The standard InChI is InChI=1S/C13H19NO2/c1-9(2)13(15)14-10(3)11-7-5-6-8-12(11)16-4/h5-10H,1-4H3,(H,14,15)/t10-/m1/s1. The fraction of sp³-hybridized carbons (Fsp3) is 0.462. The van der Waals surface area contributed by atoms with Crippen LogP contribution in [-0.2, 0) is 4.79 Å². The molecule has 0 fully saturated rings. The summed E-state index contributed by atoms with van der Waals surface area (Å²) >= 11 is 0. The van der Waals surface area contributed by atoms with Gasteiger partial charge in [-0.15, -0.1) is 0 Å². The van der Waals surface area contributed by atoms with Crippen molar-refractivity contribution in [2.45, 2.75) is 26.8 Å². The zero-order valence-electron chi connectivity index (χ0n) is 10.3. The van der Waals surface area contributed by atoms with Crippen molar-refractivity contribution in [2.75, 3.05) is 7.11 Å². The molecule has 0 spiro atoms. The Morgan fingerprint density at radius 3 is 2.44 bits per heavy atom. The summed E-state index contributed by atoms with van der Waals surface area (Å²) in [7, 11) is 1.63. The van der Waals surface area contributed by atoms with Crippen LogP contribution in [-0.4, -0.2) is 13.0 Å². The number of benzene rings is 1. The van der Waals surface area contributed by atoms with Gasteiger partial charge < -0.3 is 10.1 Å². The van der Waals surface area contributed by atoms with E-state index in [-0.39, 0.29) is 17.9 Å². The number of hydrogen-bond donors (Lipinski definition) is 1. The van der Waals surface area contributed by atoms with Crippen LogP contribution in [0, 0.1) is 5.92 Å². The highest BCUT2D eigenvalue weighted by molar-refractivity contribution is 5.78. The molecular weight excluding hydrogens is 202 g/mol. The Morgan fingerprint density at radius 1 is 1.25 bits per heavy atom. The topological polar surface area (TPSA) is 38.3 Å². The van der Waals surface area contributed by atoms with Crippen molar-refractivity contribution in [2.24, 2.45) is 5.92 Å². The maximum Gasteiger partial charge on any atom is 0.223 e. The predicted molar refractivity (Wildman–Crippen MR) is 64.4 cm³/mol. The average Bonchev–Trinajstić information content (AvgIpc) is 2.28. The highest BCUT2D eigenvalue weighted by atomic mass is 16.5. The van der Waals surface area contributed by atoms with Crippen molar-refractivity contribution >= 4 is 5.91 Å². The van der Waals surface area contributed by atoms with E-state index in [1.54, 1.807) is 7.11 Å². The lowest BCUT2D eigenvalue weighted by molar-refractivity contribution is -0.124. The van der Waals surface area contributed by atoms with Gasteiger partial charge in [0.15, 0.2) is 0 Å². The Kier molecular flexibility index (Phi) is 4.35. The summed E-state index contributed by atoms with van der Waals surface area (Å²) in [5.74, 6) is 0.856. The van der Waals surface area contributed by atoms with Gasteiger partial charge in [0.05, 0.1) is 13.2 Å². The Hall–Kier alpha value is -1.51. The fourth-order valence-electron chi connectivity index (χ4n) is 1.48. The molecule has 3 heteroatoms. The Labute approximate surface area is 96.8 Å². The number of carbonyl (C=O) groups is 1. The molecular formula is C13H19NO2. The molecule has 3 nitrogen and oxygen atoms in total. The van der Waals surface area contributed by atoms with Crippen LogP contribution in [0.2, 0.25) is 0 Å². The van der Waals surface area contributed by atoms with Crippen molar-refractivity contribution in [3.05, 3.63) is 29.8 Å². The highest BCUT2D eigenvalue weighted by Crippen LogP contribution is 2.24. The van der Waals surface area contributed by atoms with Gasteiger partial charge in [-0.05, 0) is 13.0 Å². The summed E-state index contributed by atoms with van der Waals surface area (Å²) < 4.78 is 5.26. The van der Waals surface area contributed by atoms with Crippen LogP contribution in [0.3, 0.4) is 0 Å². The highest BCUT2D eigenvalue weighted by Gasteiger charge is 2.14. The molecule has 1 aromatic carbocycles. The Morgan fingerprint density at radius 2 is 1.88 bits per heavy atom. The average molecular weight is 221 g/mol. The molecule has 0 radical (unpaired) electrons. The van der Waals surface area contributed by atoms with Crippen LogP contribution < -0.4 is 10.1 Å². The Balaban J connectivity index is 2.80. The molecule has 0 aliphatic heterocycles. The molecule has 0 aromatic heterocycles. The smallest absolute Gasteiger partial charge is 0.223 e. The van der Waals surface area contributed by atoms with Crippen LogP contribution >= 0.6 is 0 Å². The first kappa shape index (κ1) is 12.6. The van der Waals surface area contributed by atoms with Gasteiger partial charge in [-0.3, -0.25) is 4.79 Å². The van der Waals surface area contributed by atoms with Gasteiger partial charge in [0.2, 0.25) is 5.91 Å². The molecule has 0 heterocycles. The first-order valence-electron chi connectivity index (χ1n) is 5.49. The zero-order valence-corrected chi connectivity index (χ0v) is 10.3. The predicted octanol–water partition coefficient (Wildman–Crippen LogP) is 2.53. The molecule has 16 heavy (non-hydrogen) atoms. The molecule has 0 aliphatic carbocycles. The second-order valence-electron chi connectivity index (χ2n) is 4.13. The molecule has 1 atom stereocenters. The van der Waals surface area contributed by atoms with E-state index < -0.39 is 0 Å². The summed E-state index contributed by atoms with van der Waals surface area (Å²) in [5, 5.41) is 2.95. The molecule has 0 unspecified atom stereocenters. The quantitative estimate of drug-likeness (QED) is 0.848. The molecule has 1 amide bonds. The lowest BCUT2D eigenvalue weighted by Gasteiger charge is -2.18. The molecule has 0 saturated heterocycles. The maximum atomic E-state index is 11.6. The molecule has 0 bridgehead atoms. The Bertz CT molecular complexity index is 361. The minimum atomic E-state index is -0.0361. The van der Waals surface area contributed by atoms with E-state index in [0.717, 1.165) is 11.3 Å². The number of carbonyl (C=O) groups excluding carboxylic acids is 1. The number of ether oxygens (including phenoxy) is 1. The number of methoxy groups -OCH3 is 1. The summed E-state index contributed by atoms with van der Waals surface area (Å²) in [5.41, 5.74) is 0.999. The molecule has 0 aliphatic rings. The first-order chi connectivity index (χ1) is 7.56. The van der Waals surface area contributed by atoms with Crippen LogP contribution in [0.25, 0.3) is 0 Å². The van der Waals surface area contributed by atoms with Gasteiger partial charge in [0.1, 0.15) is 5.75 Å². The minimum Gasteiger partial charge on any atom is -0.496 e. The van der Waals surface area contributed by atoms with Gasteiger partial charge in [0, 0.05) is 11.5 Å². The van der Waals surface area contributed by atoms with Crippen LogP contribution in [0.5, 0.6) is 5.75 Å². The zero-order chi connectivity index (χ0) is 12.1. The van der Waals surface area contributed by atoms with E-state index >= 15 is 0 Å². The van der Waals surface area contributed by atoms with E-state index in [0.29, 0.717) is 0 Å². The fourth-order valence-corrected chi connectivity index (χ4v) is 1.48. The van der Waals surface area contributed by atoms with Gasteiger partial charge in [-0.2, -0.15) is 0 Å². The normalized spacial score (nSPS) is 12.3. The van der Waals surface area contributed by atoms with Gasteiger partial charge in [0.25, 0.3) is 0 Å². The summed E-state index contributed by atoms with van der Waals surface area (Å²) in [4.78, 5) is 11.6. The van der Waals surface area contributed by atoms with Crippen LogP contribution in [0.15, 0.2) is 24.3 Å². The summed E-state index contributed by atoms with van der Waals surface area (Å²) in [6.07, 6.45) is 0. The molecule has 1 N–H and O–H groups in total. The van der Waals surface area contributed by atoms with Crippen molar-refractivity contribution < 1.29 is 9.53 Å². The van der Waals surface area contributed by atoms with E-state index in [2.05, 4.69) is 5.32 Å². The SMILES string of the molecule is COc1ccccc1[C@@H](C)NC(=O)C(C)C. The van der Waals surface area contributed by atoms with Crippen molar-refractivity contribution in [1.29, 1.82) is 0 Å². The monoisotopic (exact) mass is 221 g/mol. The second-order valence-corrected chi connectivity index (χ2v) is 4.13. The third kappa shape index (κ3) is 2.99. The van der Waals surface area contributed by atoms with Crippen molar-refractivity contribution in [3.63, 3.8) is 0 Å². The number of amides is 1. The number of rotatable bonds is 4. The maximum absolute atomic E-state index is 11.6. The number of para-hydroxylation sites is 1. The molecule has 0 saturated carbocycles. The van der Waals surface area contributed by atoms with E-state index in [1.165, 1.54) is 0 Å². The third-order valence-electron chi connectivity index (χ3n) is 2.49. The number of nitrogens with one attached hydrogen (secondary N) is 1. The lowest BCUT2D eigenvalue weighted by atomic mass is 10.1. The molecule has 1 aromatic rings. The molecule has 1 rings (SSSR count).